The fourth-order valence-electron chi connectivity index (χ4n) is 14.3. The lowest BCUT2D eigenvalue weighted by atomic mass is 9.53. The van der Waals surface area contributed by atoms with Crippen molar-refractivity contribution in [1.29, 1.82) is 0 Å². The third-order valence-corrected chi connectivity index (χ3v) is 18.4. The normalized spacial score (nSPS) is 31.3. The van der Waals surface area contributed by atoms with Crippen molar-refractivity contribution in [3.8, 4) is 23.3 Å². The highest BCUT2D eigenvalue weighted by Crippen LogP contribution is 2.56. The number of carbonyl (C=O) groups excluding carboxylic acids is 3. The molecule has 7 N–H and O–H groups in total. The molecule has 7 aliphatic rings. The first kappa shape index (κ1) is 53.3. The molecule has 0 aromatic heterocycles. The number of phenolic OH excluding ortho intramolecular Hbond substituents is 1. The van der Waals surface area contributed by atoms with Crippen molar-refractivity contribution in [2.75, 3.05) is 18.5 Å². The molecule has 13 nitrogen and oxygen atoms in total. The van der Waals surface area contributed by atoms with Crippen LogP contribution in [0.1, 0.15) is 173 Å². The van der Waals surface area contributed by atoms with Crippen LogP contribution in [0.2, 0.25) is 0 Å². The topological polar surface area (TPSA) is 212 Å². The Morgan fingerprint density at radius 3 is 2.39 bits per heavy atom. The molecule has 4 fully saturated rings. The van der Waals surface area contributed by atoms with E-state index >= 15 is 4.79 Å². The van der Waals surface area contributed by atoms with E-state index in [1.807, 2.05) is 43.3 Å². The number of ketones is 1. The number of aliphatic hydroxyl groups excluding tert-OH is 3. The molecule has 0 radical (unpaired) electrons. The first-order valence-corrected chi connectivity index (χ1v) is 28.1. The smallest absolute Gasteiger partial charge is 0.334 e. The van der Waals surface area contributed by atoms with E-state index in [0.717, 1.165) is 75.3 Å². The number of nitrogens with one attached hydrogen (secondary N) is 1. The van der Waals surface area contributed by atoms with Crippen LogP contribution in [-0.4, -0.2) is 97.1 Å². The third-order valence-electron chi connectivity index (χ3n) is 18.4. The number of anilines is 1. The van der Waals surface area contributed by atoms with Gasteiger partial charge in [-0.2, -0.15) is 0 Å². The fraction of sp³-hybridized carbons (Fsp3) is 0.597. The Morgan fingerprint density at radius 2 is 1.63 bits per heavy atom. The maximum absolute atomic E-state index is 15.6. The number of aliphatic hydroxyl groups is 5. The van der Waals surface area contributed by atoms with Gasteiger partial charge in [-0.1, -0.05) is 87.6 Å². The Balaban J connectivity index is 1.12. The summed E-state index contributed by atoms with van der Waals surface area (Å²) in [5.41, 5.74) is 1.90. The summed E-state index contributed by atoms with van der Waals surface area (Å²) >= 11 is 0. The second kappa shape index (κ2) is 22.5. The second-order valence-electron chi connectivity index (χ2n) is 23.5. The minimum Gasteiger partial charge on any atom is -0.507 e. The molecule has 402 valence electrons. The second-order valence-corrected chi connectivity index (χ2v) is 23.5. The van der Waals surface area contributed by atoms with E-state index < -0.39 is 59.2 Å². The van der Waals surface area contributed by atoms with Gasteiger partial charge in [0.25, 0.3) is 0 Å². The molecule has 4 aliphatic carbocycles. The maximum Gasteiger partial charge on any atom is 0.334 e. The third kappa shape index (κ3) is 11.2. The molecule has 11 atom stereocenters. The van der Waals surface area contributed by atoms with Crippen molar-refractivity contribution < 1.29 is 59.2 Å². The zero-order chi connectivity index (χ0) is 52.6. The molecular formula is C62H77NO12. The summed E-state index contributed by atoms with van der Waals surface area (Å²) in [5.74, 6) is 3.17. The number of fused-ring (bicyclic) bond motifs is 7. The number of Topliss-reactive ketones (excluding diaryl/α,β-unsaturated/α-hetero) is 1. The average Bonchev–Trinajstić information content (AvgIpc) is 3.93. The molecule has 75 heavy (non-hydrogen) atoms. The van der Waals surface area contributed by atoms with Gasteiger partial charge in [-0.15, -0.1) is 0 Å². The van der Waals surface area contributed by atoms with E-state index in [1.54, 1.807) is 19.1 Å². The molecule has 3 aromatic carbocycles. The van der Waals surface area contributed by atoms with Crippen molar-refractivity contribution in [2.45, 2.75) is 196 Å². The molecule has 0 saturated heterocycles. The highest BCUT2D eigenvalue weighted by molar-refractivity contribution is 5.89. The van der Waals surface area contributed by atoms with Crippen LogP contribution in [0.15, 0.2) is 60.2 Å². The van der Waals surface area contributed by atoms with Crippen LogP contribution in [0, 0.1) is 35.5 Å². The molecule has 13 heteroatoms. The molecule has 4 saturated carbocycles. The molecule has 3 aliphatic heterocycles. The summed E-state index contributed by atoms with van der Waals surface area (Å²) in [6.07, 6.45) is 9.45. The minimum atomic E-state index is -1.64. The zero-order valence-electron chi connectivity index (χ0n) is 43.7. The SMILES string of the molecule is CC[C@H]1CC[C@H]2[C@@H]3Cc4cccc(c4)C[C@H](O)/C=C4/C[C@H](c5cc(CO)cc(NC[C@@](C)(O)[C@H](O)COC6CCCC6)c5)C#C[C@H]5CC(=O)Oc6c5cc(c(O)c6C5CCCCC5)C[C@@H](OC4=O)[C@@]1(O)[C@@H]2CCC3=O. The van der Waals surface area contributed by atoms with Crippen molar-refractivity contribution >= 4 is 23.4 Å². The Labute approximate surface area is 441 Å². The lowest BCUT2D eigenvalue weighted by Crippen LogP contribution is -2.63. The molecule has 3 aromatic rings. The highest BCUT2D eigenvalue weighted by Gasteiger charge is 2.59. The van der Waals surface area contributed by atoms with Crippen LogP contribution in [-0.2, 0) is 49.7 Å². The number of benzene rings is 3. The number of ether oxygens (including phenoxy) is 3. The van der Waals surface area contributed by atoms with Gasteiger partial charge in [0.05, 0.1) is 37.8 Å². The lowest BCUT2D eigenvalue weighted by molar-refractivity contribution is -0.212. The van der Waals surface area contributed by atoms with Crippen molar-refractivity contribution in [1.82, 2.24) is 0 Å². The number of carbonyl (C=O) groups is 3. The van der Waals surface area contributed by atoms with Gasteiger partial charge in [-0.25, -0.2) is 4.79 Å². The van der Waals surface area contributed by atoms with Crippen molar-refractivity contribution in [2.24, 2.45) is 23.7 Å². The van der Waals surface area contributed by atoms with E-state index in [1.165, 1.54) is 6.08 Å². The number of hydrogen-bond donors (Lipinski definition) is 7. The molecule has 10 rings (SSSR count). The van der Waals surface area contributed by atoms with Crippen LogP contribution in [0.4, 0.5) is 5.69 Å². The Morgan fingerprint density at radius 1 is 0.880 bits per heavy atom. The summed E-state index contributed by atoms with van der Waals surface area (Å²) in [6, 6.07) is 15.1. The number of aromatic hydroxyl groups is 1. The van der Waals surface area contributed by atoms with Crippen LogP contribution in [0.3, 0.4) is 0 Å². The van der Waals surface area contributed by atoms with E-state index in [4.69, 9.17) is 14.2 Å². The van der Waals surface area contributed by atoms with Crippen LogP contribution < -0.4 is 10.1 Å². The van der Waals surface area contributed by atoms with Crippen LogP contribution in [0.5, 0.6) is 11.5 Å². The fourth-order valence-corrected chi connectivity index (χ4v) is 14.3. The molecular weight excluding hydrogens is 951 g/mol. The predicted octanol–water partition coefficient (Wildman–Crippen LogP) is 8.30. The quantitative estimate of drug-likeness (QED) is 0.0548. The van der Waals surface area contributed by atoms with Crippen LogP contribution in [0.25, 0.3) is 0 Å². The van der Waals surface area contributed by atoms with Gasteiger partial charge in [-0.3, -0.25) is 9.59 Å². The standard InChI is InChI=1S/C62H77NO12/c1-3-45-18-19-49-51-26-37-11-9-10-36(22-37)25-47(65)29-44-27-40(42-23-38(33-64)24-46(28-42)63-35-61(2,71)54(67)34-73-48-14-7-8-15-48)16-17-41-32-56(68)75-59-50(41)30-43(58(69)57(59)39-12-5-4-6-13-39)31-55(74-60(44)70)62(45,72)52(49)20-21-53(51)66/h9-11,22-24,28-30,39-41,45,47-49,51-52,54-55,63-65,67,69,71-72H,3-8,12-15,18-21,25-27,31-35H2,1-2H3/b44-29-/t40-,41+,45+,47+,49+,51+,52-,54-,55-,61-,62+/m1/s1. The predicted molar refractivity (Wildman–Crippen MR) is 282 cm³/mol. The average molecular weight is 1030 g/mol. The van der Waals surface area contributed by atoms with Gasteiger partial charge < -0.3 is 50.2 Å². The molecule has 3 heterocycles. The zero-order valence-corrected chi connectivity index (χ0v) is 43.7. The molecule has 0 spiro atoms. The van der Waals surface area contributed by atoms with Gasteiger partial charge in [-0.05, 0) is 140 Å². The van der Waals surface area contributed by atoms with Crippen molar-refractivity contribution in [3.05, 3.63) is 99.1 Å². The largest absolute Gasteiger partial charge is 0.507 e. The van der Waals surface area contributed by atoms with Gasteiger partial charge in [0, 0.05) is 60.0 Å². The number of phenols is 1. The number of rotatable bonds is 11. The summed E-state index contributed by atoms with van der Waals surface area (Å²) < 4.78 is 19.0. The minimum absolute atomic E-state index is 0.0265. The van der Waals surface area contributed by atoms with Crippen LogP contribution >= 0.6 is 0 Å². The van der Waals surface area contributed by atoms with Gasteiger partial charge >= 0.3 is 11.9 Å². The summed E-state index contributed by atoms with van der Waals surface area (Å²) in [7, 11) is 0. The summed E-state index contributed by atoms with van der Waals surface area (Å²) in [5, 5.41) is 75.3. The van der Waals surface area contributed by atoms with Gasteiger partial charge in [0.15, 0.2) is 0 Å². The van der Waals surface area contributed by atoms with E-state index in [9.17, 15) is 40.2 Å². The Hall–Kier alpha value is -5.07. The first-order chi connectivity index (χ1) is 36.1. The molecule has 0 unspecified atom stereocenters. The van der Waals surface area contributed by atoms with Gasteiger partial charge in [0.1, 0.15) is 40.7 Å². The highest BCUT2D eigenvalue weighted by atomic mass is 16.6. The summed E-state index contributed by atoms with van der Waals surface area (Å²) in [4.78, 5) is 43.5. The molecule has 10 bridgehead atoms. The Bertz CT molecular complexity index is 2710. The van der Waals surface area contributed by atoms with E-state index in [-0.39, 0.29) is 98.7 Å². The number of hydrogen-bond acceptors (Lipinski definition) is 13. The van der Waals surface area contributed by atoms with Gasteiger partial charge in [0.2, 0.25) is 0 Å². The summed E-state index contributed by atoms with van der Waals surface area (Å²) in [6.45, 7) is 3.12. The van der Waals surface area contributed by atoms with E-state index in [0.29, 0.717) is 64.9 Å². The molecule has 0 amide bonds. The first-order valence-electron chi connectivity index (χ1n) is 28.1. The lowest BCUT2D eigenvalue weighted by Gasteiger charge is -2.56. The van der Waals surface area contributed by atoms with E-state index in [2.05, 4.69) is 17.2 Å². The monoisotopic (exact) mass is 1030 g/mol. The maximum atomic E-state index is 15.6. The number of esters is 2. The van der Waals surface area contributed by atoms with Crippen molar-refractivity contribution in [3.63, 3.8) is 0 Å². The Kier molecular flexibility index (Phi) is 16.0.